The molecule has 1 amide bonds. The second-order valence-electron chi connectivity index (χ2n) is 5.23. The molecular formula is C17H18N4O5. The van der Waals surface area contributed by atoms with E-state index in [9.17, 15) is 24.6 Å². The van der Waals surface area contributed by atoms with E-state index in [1.807, 2.05) is 0 Å². The van der Waals surface area contributed by atoms with Gasteiger partial charge in [-0.3, -0.25) is 19.1 Å². The number of nitrogens with zero attached hydrogens (tertiary/aromatic N) is 2. The van der Waals surface area contributed by atoms with Gasteiger partial charge in [0, 0.05) is 6.54 Å². The zero-order valence-electron chi connectivity index (χ0n) is 14.0. The largest absolute Gasteiger partial charge is 0.507 e. The third-order valence-corrected chi connectivity index (χ3v) is 3.55. The summed E-state index contributed by atoms with van der Waals surface area (Å²) in [7, 11) is 0. The number of allylic oxidation sites excluding steroid dienone is 1. The molecular weight excluding hydrogens is 340 g/mol. The number of aromatic nitrogens is 2. The smallest absolute Gasteiger partial charge is 0.331 e. The first-order valence-corrected chi connectivity index (χ1v) is 7.72. The van der Waals surface area contributed by atoms with Crippen LogP contribution in [0.15, 0.2) is 51.6 Å². The number of phenols is 1. The Morgan fingerprint density at radius 3 is 2.65 bits per heavy atom. The molecule has 26 heavy (non-hydrogen) atoms. The molecule has 1 aromatic carbocycles. The van der Waals surface area contributed by atoms with Crippen LogP contribution in [0.2, 0.25) is 0 Å². The van der Waals surface area contributed by atoms with Gasteiger partial charge in [-0.15, -0.1) is 6.58 Å². The fourth-order valence-electron chi connectivity index (χ4n) is 2.27. The van der Waals surface area contributed by atoms with Gasteiger partial charge in [0.25, 0.3) is 11.5 Å². The number of hydrazone groups is 1. The van der Waals surface area contributed by atoms with E-state index in [1.54, 1.807) is 19.1 Å². The normalized spacial score (nSPS) is 11.2. The highest BCUT2D eigenvalue weighted by atomic mass is 16.3. The molecule has 4 N–H and O–H groups in total. The molecule has 0 radical (unpaired) electrons. The van der Waals surface area contributed by atoms with Crippen molar-refractivity contribution in [2.24, 2.45) is 5.10 Å². The lowest BCUT2D eigenvalue weighted by atomic mass is 10.1. The minimum absolute atomic E-state index is 0.00135. The molecule has 136 valence electrons. The zero-order valence-corrected chi connectivity index (χ0v) is 14.0. The quantitative estimate of drug-likeness (QED) is 0.342. The second kappa shape index (κ2) is 7.97. The maximum absolute atomic E-state index is 12.1. The van der Waals surface area contributed by atoms with Gasteiger partial charge in [-0.05, 0) is 18.6 Å². The number of rotatable bonds is 6. The molecule has 0 saturated heterocycles. The van der Waals surface area contributed by atoms with Crippen LogP contribution < -0.4 is 16.7 Å². The molecule has 0 aliphatic carbocycles. The fraction of sp³-hybridized carbons (Fsp3) is 0.176. The summed E-state index contributed by atoms with van der Waals surface area (Å²) < 4.78 is 0.916. The van der Waals surface area contributed by atoms with E-state index in [0.29, 0.717) is 0 Å². The molecule has 0 aliphatic rings. The van der Waals surface area contributed by atoms with Gasteiger partial charge in [0.15, 0.2) is 0 Å². The summed E-state index contributed by atoms with van der Waals surface area (Å²) >= 11 is 0. The first-order chi connectivity index (χ1) is 12.4. The molecule has 0 unspecified atom stereocenters. The van der Waals surface area contributed by atoms with Crippen molar-refractivity contribution in [3.8, 4) is 11.6 Å². The fourth-order valence-corrected chi connectivity index (χ4v) is 2.27. The van der Waals surface area contributed by atoms with Crippen molar-refractivity contribution in [2.75, 3.05) is 0 Å². The molecule has 2 rings (SSSR count). The van der Waals surface area contributed by atoms with Crippen molar-refractivity contribution in [3.05, 3.63) is 68.9 Å². The highest BCUT2D eigenvalue weighted by Crippen LogP contribution is 2.16. The summed E-state index contributed by atoms with van der Waals surface area (Å²) in [5, 5.41) is 23.8. The zero-order chi connectivity index (χ0) is 19.3. The van der Waals surface area contributed by atoms with Crippen LogP contribution in [-0.4, -0.2) is 31.4 Å². The number of aromatic hydroxyl groups is 2. The van der Waals surface area contributed by atoms with E-state index < -0.39 is 23.0 Å². The average molecular weight is 358 g/mol. The Balaban J connectivity index is 2.44. The number of benzene rings is 1. The summed E-state index contributed by atoms with van der Waals surface area (Å²) in [4.78, 5) is 38.1. The molecule has 0 spiro atoms. The van der Waals surface area contributed by atoms with E-state index in [4.69, 9.17) is 0 Å². The van der Waals surface area contributed by atoms with E-state index in [2.05, 4.69) is 22.1 Å². The minimum Gasteiger partial charge on any atom is -0.507 e. The predicted octanol–water partition coefficient (Wildman–Crippen LogP) is 0.678. The summed E-state index contributed by atoms with van der Waals surface area (Å²) in [6, 6.07) is 5.88. The standard InChI is InChI=1S/C17H18N4O5/c1-3-9-21-16(25)13(15(24)18-17(21)26)11(4-2)19-20-14(23)10-7-5-6-8-12(10)22/h3,5-8,22,25H,1,4,9H2,2H3,(H,20,23)(H,18,24,26)/b19-11-. The van der Waals surface area contributed by atoms with Crippen LogP contribution in [0.25, 0.3) is 0 Å². The van der Waals surface area contributed by atoms with Crippen molar-refractivity contribution >= 4 is 11.6 Å². The molecule has 0 saturated carbocycles. The predicted molar refractivity (Wildman–Crippen MR) is 95.6 cm³/mol. The molecule has 0 atom stereocenters. The van der Waals surface area contributed by atoms with Gasteiger partial charge in [-0.1, -0.05) is 25.1 Å². The molecule has 2 aromatic rings. The summed E-state index contributed by atoms with van der Waals surface area (Å²) in [6.07, 6.45) is 1.57. The SMILES string of the molecule is C=CCn1c(O)c(/C(CC)=N\NC(=O)c2ccccc2O)c(=O)[nH]c1=O. The number of hydrogen-bond donors (Lipinski definition) is 4. The second-order valence-corrected chi connectivity index (χ2v) is 5.23. The van der Waals surface area contributed by atoms with Crippen molar-refractivity contribution in [1.82, 2.24) is 15.0 Å². The van der Waals surface area contributed by atoms with Crippen LogP contribution >= 0.6 is 0 Å². The van der Waals surface area contributed by atoms with Crippen molar-refractivity contribution < 1.29 is 15.0 Å². The maximum Gasteiger partial charge on any atom is 0.331 e. The van der Waals surface area contributed by atoms with Crippen LogP contribution in [0.5, 0.6) is 11.6 Å². The lowest BCUT2D eigenvalue weighted by molar-refractivity contribution is 0.0952. The molecule has 1 aromatic heterocycles. The highest BCUT2D eigenvalue weighted by Gasteiger charge is 2.18. The van der Waals surface area contributed by atoms with Crippen LogP contribution in [0.3, 0.4) is 0 Å². The van der Waals surface area contributed by atoms with Gasteiger partial charge in [0.2, 0.25) is 5.88 Å². The Hall–Kier alpha value is -3.62. The number of carbonyl (C=O) groups excluding carboxylic acids is 1. The van der Waals surface area contributed by atoms with E-state index in [1.165, 1.54) is 18.2 Å². The van der Waals surface area contributed by atoms with Gasteiger partial charge in [-0.25, -0.2) is 10.2 Å². The molecule has 0 fully saturated rings. The van der Waals surface area contributed by atoms with Gasteiger partial charge >= 0.3 is 5.69 Å². The highest BCUT2D eigenvalue weighted by molar-refractivity contribution is 6.03. The van der Waals surface area contributed by atoms with Gasteiger partial charge in [-0.2, -0.15) is 5.10 Å². The van der Waals surface area contributed by atoms with Crippen LogP contribution in [0, 0.1) is 0 Å². The number of phenolic OH excluding ortho intramolecular Hbond substituents is 1. The third-order valence-electron chi connectivity index (χ3n) is 3.55. The summed E-state index contributed by atoms with van der Waals surface area (Å²) in [5.41, 5.74) is 0.444. The van der Waals surface area contributed by atoms with Crippen LogP contribution in [0.4, 0.5) is 0 Å². The van der Waals surface area contributed by atoms with Gasteiger partial charge < -0.3 is 10.2 Å². The Morgan fingerprint density at radius 1 is 1.35 bits per heavy atom. The number of aromatic amines is 1. The number of amides is 1. The number of H-pyrrole nitrogens is 1. The van der Waals surface area contributed by atoms with Crippen molar-refractivity contribution in [1.29, 1.82) is 0 Å². The third kappa shape index (κ3) is 3.72. The van der Waals surface area contributed by atoms with E-state index in [-0.39, 0.29) is 35.6 Å². The lowest BCUT2D eigenvalue weighted by Gasteiger charge is -2.11. The Labute approximate surface area is 147 Å². The molecule has 0 aliphatic heterocycles. The number of carbonyl (C=O) groups is 1. The maximum atomic E-state index is 12.1. The number of hydrogen-bond acceptors (Lipinski definition) is 6. The summed E-state index contributed by atoms with van der Waals surface area (Å²) in [6.45, 7) is 5.12. The first-order valence-electron chi connectivity index (χ1n) is 7.72. The molecule has 9 heteroatoms. The van der Waals surface area contributed by atoms with E-state index in [0.717, 1.165) is 4.57 Å². The van der Waals surface area contributed by atoms with E-state index >= 15 is 0 Å². The number of para-hydroxylation sites is 1. The van der Waals surface area contributed by atoms with Gasteiger partial charge in [0.05, 0.1) is 11.3 Å². The molecule has 0 bridgehead atoms. The Bertz CT molecular complexity index is 987. The lowest BCUT2D eigenvalue weighted by Crippen LogP contribution is -2.34. The Morgan fingerprint density at radius 2 is 2.04 bits per heavy atom. The minimum atomic E-state index is -0.829. The molecule has 1 heterocycles. The van der Waals surface area contributed by atoms with Gasteiger partial charge in [0.1, 0.15) is 11.3 Å². The van der Waals surface area contributed by atoms with Crippen molar-refractivity contribution in [2.45, 2.75) is 19.9 Å². The topological polar surface area (TPSA) is 137 Å². The average Bonchev–Trinajstić information content (AvgIpc) is 2.61. The number of nitrogens with one attached hydrogen (secondary N) is 2. The monoisotopic (exact) mass is 358 g/mol. The Kier molecular flexibility index (Phi) is 5.74. The summed E-state index contributed by atoms with van der Waals surface area (Å²) in [5.74, 6) is -1.49. The van der Waals surface area contributed by atoms with Crippen molar-refractivity contribution in [3.63, 3.8) is 0 Å². The van der Waals surface area contributed by atoms with Crippen LogP contribution in [-0.2, 0) is 6.54 Å². The van der Waals surface area contributed by atoms with Crippen LogP contribution in [0.1, 0.15) is 29.3 Å². The molecule has 9 nitrogen and oxygen atoms in total. The first kappa shape index (κ1) is 18.7.